The Hall–Kier alpha value is -2.51. The molecule has 0 saturated carbocycles. The number of carbonyl (C=O) groups excluding carboxylic acids is 1. The van der Waals surface area contributed by atoms with Gasteiger partial charge in [-0.15, -0.1) is 0 Å². The first kappa shape index (κ1) is 16.9. The standard InChI is InChI=1S/C16H15NO5S/c18-15(13-8-6-12(7-9-13)10-16(19)20)11-17-23(21,22)14-4-2-1-3-5-14/h1-9,17H,10-11H2,(H,19,20). The maximum Gasteiger partial charge on any atom is 0.307 e. The van der Waals surface area contributed by atoms with Gasteiger partial charge in [-0.25, -0.2) is 13.1 Å². The predicted molar refractivity (Wildman–Crippen MR) is 83.7 cm³/mol. The zero-order valence-corrected chi connectivity index (χ0v) is 12.9. The summed E-state index contributed by atoms with van der Waals surface area (Å²) >= 11 is 0. The normalized spacial score (nSPS) is 11.1. The molecule has 23 heavy (non-hydrogen) atoms. The van der Waals surface area contributed by atoms with Gasteiger partial charge in [-0.2, -0.15) is 0 Å². The van der Waals surface area contributed by atoms with Crippen molar-refractivity contribution < 1.29 is 23.1 Å². The van der Waals surface area contributed by atoms with Crippen LogP contribution in [0.2, 0.25) is 0 Å². The number of hydrogen-bond acceptors (Lipinski definition) is 4. The van der Waals surface area contributed by atoms with Crippen molar-refractivity contribution in [2.45, 2.75) is 11.3 Å². The summed E-state index contributed by atoms with van der Waals surface area (Å²) in [7, 11) is -3.74. The van der Waals surface area contributed by atoms with Crippen molar-refractivity contribution in [2.24, 2.45) is 0 Å². The smallest absolute Gasteiger partial charge is 0.307 e. The minimum atomic E-state index is -3.74. The Morgan fingerprint density at radius 3 is 2.13 bits per heavy atom. The number of hydrogen-bond donors (Lipinski definition) is 2. The van der Waals surface area contributed by atoms with Crippen molar-refractivity contribution >= 4 is 21.8 Å². The van der Waals surface area contributed by atoms with Crippen LogP contribution in [0.3, 0.4) is 0 Å². The van der Waals surface area contributed by atoms with E-state index in [1.807, 2.05) is 0 Å². The van der Waals surface area contributed by atoms with Crippen LogP contribution < -0.4 is 4.72 Å². The molecule has 2 N–H and O–H groups in total. The highest BCUT2D eigenvalue weighted by atomic mass is 32.2. The van der Waals surface area contributed by atoms with Crippen molar-refractivity contribution in [3.05, 3.63) is 65.7 Å². The quantitative estimate of drug-likeness (QED) is 0.747. The number of aliphatic carboxylic acids is 1. The molecule has 6 nitrogen and oxygen atoms in total. The Bertz CT molecular complexity index is 798. The van der Waals surface area contributed by atoms with Crippen LogP contribution in [0.4, 0.5) is 0 Å². The third-order valence-electron chi connectivity index (χ3n) is 3.11. The second-order valence-electron chi connectivity index (χ2n) is 4.83. The Labute approximate surface area is 133 Å². The maximum absolute atomic E-state index is 12.0. The SMILES string of the molecule is O=C(O)Cc1ccc(C(=O)CNS(=O)(=O)c2ccccc2)cc1. The Balaban J connectivity index is 2.01. The van der Waals surface area contributed by atoms with Gasteiger partial charge in [-0.3, -0.25) is 9.59 Å². The number of ketones is 1. The van der Waals surface area contributed by atoms with E-state index >= 15 is 0 Å². The third-order valence-corrected chi connectivity index (χ3v) is 4.52. The van der Waals surface area contributed by atoms with Crippen LogP contribution in [-0.2, 0) is 21.2 Å². The molecule has 2 aromatic rings. The summed E-state index contributed by atoms with van der Waals surface area (Å²) in [5.74, 6) is -1.36. The van der Waals surface area contributed by atoms with E-state index in [1.165, 1.54) is 36.4 Å². The topological polar surface area (TPSA) is 101 Å². The minimum absolute atomic E-state index is 0.0876. The second kappa shape index (κ2) is 7.17. The summed E-state index contributed by atoms with van der Waals surface area (Å²) in [6, 6.07) is 13.8. The van der Waals surface area contributed by atoms with Gasteiger partial charge in [0, 0.05) is 5.56 Å². The van der Waals surface area contributed by atoms with Gasteiger partial charge < -0.3 is 5.11 Å². The van der Waals surface area contributed by atoms with E-state index < -0.39 is 21.8 Å². The lowest BCUT2D eigenvalue weighted by atomic mass is 10.1. The van der Waals surface area contributed by atoms with Gasteiger partial charge in [0.25, 0.3) is 0 Å². The molecule has 0 aliphatic carbocycles. The second-order valence-corrected chi connectivity index (χ2v) is 6.60. The third kappa shape index (κ3) is 4.73. The van der Waals surface area contributed by atoms with Crippen LogP contribution in [0.1, 0.15) is 15.9 Å². The van der Waals surface area contributed by atoms with Crippen molar-refractivity contribution in [3.63, 3.8) is 0 Å². The molecule has 0 unspecified atom stereocenters. The summed E-state index contributed by atoms with van der Waals surface area (Å²) in [4.78, 5) is 22.7. The Morgan fingerprint density at radius 1 is 0.957 bits per heavy atom. The van der Waals surface area contributed by atoms with Gasteiger partial charge in [-0.1, -0.05) is 42.5 Å². The average molecular weight is 333 g/mol. The molecule has 2 rings (SSSR count). The van der Waals surface area contributed by atoms with E-state index in [9.17, 15) is 18.0 Å². The summed E-state index contributed by atoms with van der Waals surface area (Å²) in [6.45, 7) is -0.366. The molecule has 2 aromatic carbocycles. The highest BCUT2D eigenvalue weighted by molar-refractivity contribution is 7.89. The van der Waals surface area contributed by atoms with Crippen molar-refractivity contribution in [1.29, 1.82) is 0 Å². The summed E-state index contributed by atoms with van der Waals surface area (Å²) in [5.41, 5.74) is 0.883. The molecule has 0 heterocycles. The lowest BCUT2D eigenvalue weighted by Crippen LogP contribution is -2.29. The van der Waals surface area contributed by atoms with Crippen molar-refractivity contribution in [1.82, 2.24) is 4.72 Å². The summed E-state index contributed by atoms with van der Waals surface area (Å²) in [6.07, 6.45) is -0.130. The Morgan fingerprint density at radius 2 is 1.57 bits per heavy atom. The number of sulfonamides is 1. The number of carboxylic acids is 1. The monoisotopic (exact) mass is 333 g/mol. The predicted octanol–water partition coefficient (Wildman–Crippen LogP) is 1.47. The van der Waals surface area contributed by atoms with Gasteiger partial charge in [0.2, 0.25) is 10.0 Å². The molecule has 0 aliphatic rings. The van der Waals surface area contributed by atoms with Crippen molar-refractivity contribution in [3.8, 4) is 0 Å². The molecule has 0 fully saturated rings. The van der Waals surface area contributed by atoms with Crippen LogP contribution >= 0.6 is 0 Å². The van der Waals surface area contributed by atoms with Crippen LogP contribution in [0.5, 0.6) is 0 Å². The van der Waals surface area contributed by atoms with Gasteiger partial charge in [0.05, 0.1) is 17.9 Å². The molecule has 120 valence electrons. The van der Waals surface area contributed by atoms with Gasteiger partial charge in [0.15, 0.2) is 5.78 Å². The molecule has 0 aliphatic heterocycles. The van der Waals surface area contributed by atoms with Crippen molar-refractivity contribution in [2.75, 3.05) is 6.54 Å². The van der Waals surface area contributed by atoms with E-state index in [4.69, 9.17) is 5.11 Å². The molecule has 7 heteroatoms. The van der Waals surface area contributed by atoms with Gasteiger partial charge >= 0.3 is 5.97 Å². The molecule has 0 atom stereocenters. The minimum Gasteiger partial charge on any atom is -0.481 e. The first-order chi connectivity index (χ1) is 10.9. The highest BCUT2D eigenvalue weighted by Crippen LogP contribution is 2.09. The maximum atomic E-state index is 12.0. The molecule has 0 aromatic heterocycles. The first-order valence-corrected chi connectivity index (χ1v) is 8.25. The fourth-order valence-electron chi connectivity index (χ4n) is 1.93. The summed E-state index contributed by atoms with van der Waals surface area (Å²) in [5, 5.41) is 8.68. The number of carboxylic acid groups (broad SMARTS) is 1. The van der Waals surface area contributed by atoms with Gasteiger partial charge in [-0.05, 0) is 17.7 Å². The molecule has 0 saturated heterocycles. The fraction of sp³-hybridized carbons (Fsp3) is 0.125. The largest absolute Gasteiger partial charge is 0.481 e. The first-order valence-electron chi connectivity index (χ1n) is 6.77. The number of carbonyl (C=O) groups is 2. The van der Waals surface area contributed by atoms with E-state index in [2.05, 4.69) is 4.72 Å². The van der Waals surface area contributed by atoms with E-state index in [1.54, 1.807) is 18.2 Å². The van der Waals surface area contributed by atoms with E-state index in [-0.39, 0.29) is 17.9 Å². The van der Waals surface area contributed by atoms with Crippen LogP contribution in [-0.4, -0.2) is 31.8 Å². The number of benzene rings is 2. The molecule has 0 spiro atoms. The molecule has 0 bridgehead atoms. The average Bonchev–Trinajstić information content (AvgIpc) is 2.54. The molecule has 0 radical (unpaired) electrons. The molecular formula is C16H15NO5S. The number of nitrogens with one attached hydrogen (secondary N) is 1. The highest BCUT2D eigenvalue weighted by Gasteiger charge is 2.15. The zero-order chi connectivity index (χ0) is 16.9. The molecule has 0 amide bonds. The summed E-state index contributed by atoms with van der Waals surface area (Å²) < 4.78 is 26.3. The van der Waals surface area contributed by atoms with Crippen LogP contribution in [0, 0.1) is 0 Å². The fourth-order valence-corrected chi connectivity index (χ4v) is 2.93. The lowest BCUT2D eigenvalue weighted by molar-refractivity contribution is -0.136. The lowest BCUT2D eigenvalue weighted by Gasteiger charge is -2.06. The van der Waals surface area contributed by atoms with Crippen LogP contribution in [0.25, 0.3) is 0 Å². The number of rotatable bonds is 7. The zero-order valence-electron chi connectivity index (χ0n) is 12.1. The Kier molecular flexibility index (Phi) is 5.25. The van der Waals surface area contributed by atoms with E-state index in [0.717, 1.165) is 0 Å². The van der Waals surface area contributed by atoms with Crippen LogP contribution in [0.15, 0.2) is 59.5 Å². The number of Topliss-reactive ketones (excluding diaryl/α,β-unsaturated/α-hetero) is 1. The van der Waals surface area contributed by atoms with E-state index in [0.29, 0.717) is 11.1 Å². The molecular weight excluding hydrogens is 318 g/mol. The van der Waals surface area contributed by atoms with Gasteiger partial charge in [0.1, 0.15) is 0 Å².